The lowest BCUT2D eigenvalue weighted by molar-refractivity contribution is -0.145. The van der Waals surface area contributed by atoms with Crippen LogP contribution < -0.4 is 4.74 Å². The highest BCUT2D eigenvalue weighted by atomic mass is 35.5. The lowest BCUT2D eigenvalue weighted by Gasteiger charge is -2.17. The van der Waals surface area contributed by atoms with Gasteiger partial charge in [0.1, 0.15) is 11.3 Å². The van der Waals surface area contributed by atoms with Gasteiger partial charge in [-0.15, -0.1) is 0 Å². The third-order valence-electron chi connectivity index (χ3n) is 4.04. The first-order valence-electron chi connectivity index (χ1n) is 8.22. The molecule has 0 radical (unpaired) electrons. The maximum Gasteiger partial charge on any atom is 0.349 e. The molecule has 1 N–H and O–H groups in total. The second kappa shape index (κ2) is 7.13. The van der Waals surface area contributed by atoms with E-state index in [1.807, 2.05) is 24.3 Å². The van der Waals surface area contributed by atoms with Gasteiger partial charge in [0.05, 0.1) is 5.56 Å². The maximum absolute atomic E-state index is 11.8. The monoisotopic (exact) mass is 379 g/mol. The van der Waals surface area contributed by atoms with E-state index < -0.39 is 12.1 Å². The van der Waals surface area contributed by atoms with E-state index in [4.69, 9.17) is 20.8 Å². The van der Waals surface area contributed by atoms with Crippen molar-refractivity contribution in [2.75, 3.05) is 0 Å². The molecule has 134 valence electrons. The van der Waals surface area contributed by atoms with Gasteiger partial charge in [-0.2, -0.15) is 0 Å². The summed E-state index contributed by atoms with van der Waals surface area (Å²) in [6.07, 6.45) is -1.17. The van der Waals surface area contributed by atoms with Crippen LogP contribution in [0.2, 0.25) is 5.02 Å². The Bertz CT molecular complexity index is 1070. The predicted molar refractivity (Wildman–Crippen MR) is 102 cm³/mol. The molecule has 0 aliphatic carbocycles. The summed E-state index contributed by atoms with van der Waals surface area (Å²) in [7, 11) is 0. The summed E-state index contributed by atoms with van der Waals surface area (Å²) < 4.78 is 11.6. The minimum Gasteiger partial charge on any atom is -0.478 e. The van der Waals surface area contributed by atoms with Crippen molar-refractivity contribution in [1.82, 2.24) is 4.98 Å². The van der Waals surface area contributed by atoms with Crippen molar-refractivity contribution in [2.24, 2.45) is 0 Å². The minimum absolute atomic E-state index is 0.311. The maximum atomic E-state index is 11.8. The van der Waals surface area contributed by atoms with Crippen molar-refractivity contribution in [3.05, 3.63) is 83.4 Å². The average molecular weight is 380 g/mol. The summed E-state index contributed by atoms with van der Waals surface area (Å²) in [5, 5.41) is 10.1. The van der Waals surface area contributed by atoms with Crippen LogP contribution in [0.15, 0.2) is 77.2 Å². The SMILES string of the molecule is O=C(O)C(Oc1ccc(Cl)cc1-c1nc2ccccc2o1)c1ccccc1. The minimum atomic E-state index is -1.17. The van der Waals surface area contributed by atoms with Crippen molar-refractivity contribution in [3.8, 4) is 17.2 Å². The van der Waals surface area contributed by atoms with Crippen molar-refractivity contribution in [3.63, 3.8) is 0 Å². The lowest BCUT2D eigenvalue weighted by Crippen LogP contribution is -2.18. The van der Waals surface area contributed by atoms with E-state index >= 15 is 0 Å². The number of nitrogens with zero attached hydrogens (tertiary/aromatic N) is 1. The largest absolute Gasteiger partial charge is 0.478 e. The van der Waals surface area contributed by atoms with Crippen LogP contribution in [0.1, 0.15) is 11.7 Å². The third kappa shape index (κ3) is 3.50. The summed E-state index contributed by atoms with van der Waals surface area (Å²) >= 11 is 6.14. The molecule has 1 aromatic heterocycles. The molecule has 0 aliphatic heterocycles. The van der Waals surface area contributed by atoms with Crippen LogP contribution in [0.3, 0.4) is 0 Å². The zero-order valence-electron chi connectivity index (χ0n) is 14.0. The van der Waals surface area contributed by atoms with Crippen molar-refractivity contribution in [1.29, 1.82) is 0 Å². The molecule has 4 rings (SSSR count). The molecule has 1 unspecified atom stereocenters. The van der Waals surface area contributed by atoms with Gasteiger partial charge in [-0.05, 0) is 30.3 Å². The number of hydrogen-bond donors (Lipinski definition) is 1. The van der Waals surface area contributed by atoms with Gasteiger partial charge in [-0.1, -0.05) is 54.1 Å². The van der Waals surface area contributed by atoms with E-state index in [1.165, 1.54) is 0 Å². The number of halogens is 1. The molecule has 6 heteroatoms. The number of carboxylic acid groups (broad SMARTS) is 1. The Morgan fingerprint density at radius 2 is 1.78 bits per heavy atom. The fourth-order valence-corrected chi connectivity index (χ4v) is 2.95. The Morgan fingerprint density at radius 1 is 1.04 bits per heavy atom. The molecule has 0 saturated carbocycles. The number of para-hydroxylation sites is 2. The van der Waals surface area contributed by atoms with Gasteiger partial charge in [-0.25, -0.2) is 9.78 Å². The molecule has 27 heavy (non-hydrogen) atoms. The van der Waals surface area contributed by atoms with Crippen molar-refractivity contribution in [2.45, 2.75) is 6.10 Å². The molecule has 0 fully saturated rings. The Hall–Kier alpha value is -3.31. The Kier molecular flexibility index (Phi) is 4.52. The molecule has 1 atom stereocenters. The van der Waals surface area contributed by atoms with Crippen LogP contribution in [0.25, 0.3) is 22.6 Å². The zero-order chi connectivity index (χ0) is 18.8. The second-order valence-electron chi connectivity index (χ2n) is 5.87. The van der Waals surface area contributed by atoms with Gasteiger partial charge in [0.2, 0.25) is 12.0 Å². The number of aliphatic carboxylic acids is 1. The molecule has 3 aromatic carbocycles. The highest BCUT2D eigenvalue weighted by Crippen LogP contribution is 2.36. The van der Waals surface area contributed by atoms with E-state index in [-0.39, 0.29) is 0 Å². The molecule has 0 spiro atoms. The summed E-state index contributed by atoms with van der Waals surface area (Å²) in [5.74, 6) is -0.465. The predicted octanol–water partition coefficient (Wildman–Crippen LogP) is 5.35. The molecule has 5 nitrogen and oxygen atoms in total. The Morgan fingerprint density at radius 3 is 2.52 bits per heavy atom. The lowest BCUT2D eigenvalue weighted by atomic mass is 10.1. The van der Waals surface area contributed by atoms with Crippen LogP contribution in [0.4, 0.5) is 0 Å². The fraction of sp³-hybridized carbons (Fsp3) is 0.0476. The Labute approximate surface area is 159 Å². The first-order valence-corrected chi connectivity index (χ1v) is 8.59. The van der Waals surface area contributed by atoms with Gasteiger partial charge < -0.3 is 14.3 Å². The number of carbonyl (C=O) groups is 1. The van der Waals surface area contributed by atoms with Gasteiger partial charge >= 0.3 is 5.97 Å². The van der Waals surface area contributed by atoms with E-state index in [0.29, 0.717) is 38.9 Å². The van der Waals surface area contributed by atoms with Crippen LogP contribution in [0, 0.1) is 0 Å². The average Bonchev–Trinajstić information content (AvgIpc) is 3.11. The third-order valence-corrected chi connectivity index (χ3v) is 4.27. The number of carboxylic acids is 1. The Balaban J connectivity index is 1.78. The molecule has 0 saturated heterocycles. The van der Waals surface area contributed by atoms with Gasteiger partial charge in [0, 0.05) is 10.6 Å². The van der Waals surface area contributed by atoms with Crippen LogP contribution in [-0.4, -0.2) is 16.1 Å². The number of benzene rings is 3. The van der Waals surface area contributed by atoms with Crippen molar-refractivity contribution >= 4 is 28.7 Å². The summed E-state index contributed by atoms with van der Waals surface area (Å²) in [4.78, 5) is 16.2. The molecule has 1 heterocycles. The van der Waals surface area contributed by atoms with Crippen LogP contribution >= 0.6 is 11.6 Å². The van der Waals surface area contributed by atoms with E-state index in [0.717, 1.165) is 0 Å². The molecule has 0 amide bonds. The first kappa shape index (κ1) is 17.1. The van der Waals surface area contributed by atoms with E-state index in [9.17, 15) is 9.90 Å². The first-order chi connectivity index (χ1) is 13.1. The molecular weight excluding hydrogens is 366 g/mol. The number of fused-ring (bicyclic) bond motifs is 1. The summed E-state index contributed by atoms with van der Waals surface area (Å²) in [6.45, 7) is 0. The highest BCUT2D eigenvalue weighted by molar-refractivity contribution is 6.30. The standard InChI is InChI=1S/C21H14ClNO4/c22-14-10-11-17(26-19(21(24)25)13-6-2-1-3-7-13)15(12-14)20-23-16-8-4-5-9-18(16)27-20/h1-12,19H,(H,24,25). The normalized spacial score (nSPS) is 12.0. The van der Waals surface area contributed by atoms with Gasteiger partial charge in [0.15, 0.2) is 5.58 Å². The quantitative estimate of drug-likeness (QED) is 0.505. The number of oxazole rings is 1. The highest BCUT2D eigenvalue weighted by Gasteiger charge is 2.24. The summed E-state index contributed by atoms with van der Waals surface area (Å²) in [5.41, 5.74) is 2.33. The summed E-state index contributed by atoms with van der Waals surface area (Å²) in [6, 6.07) is 21.0. The number of aromatic nitrogens is 1. The molecule has 0 bridgehead atoms. The van der Waals surface area contributed by atoms with Crippen molar-refractivity contribution < 1.29 is 19.1 Å². The molecule has 0 aliphatic rings. The zero-order valence-corrected chi connectivity index (χ0v) is 14.8. The molecular formula is C21H14ClNO4. The van der Waals surface area contributed by atoms with Crippen LogP contribution in [0.5, 0.6) is 5.75 Å². The second-order valence-corrected chi connectivity index (χ2v) is 6.31. The van der Waals surface area contributed by atoms with Gasteiger partial charge in [-0.3, -0.25) is 0 Å². The van der Waals surface area contributed by atoms with E-state index in [1.54, 1.807) is 48.5 Å². The van der Waals surface area contributed by atoms with E-state index in [2.05, 4.69) is 4.98 Å². The van der Waals surface area contributed by atoms with Gasteiger partial charge in [0.25, 0.3) is 0 Å². The smallest absolute Gasteiger partial charge is 0.349 e. The number of ether oxygens (including phenoxy) is 1. The topological polar surface area (TPSA) is 72.6 Å². The number of hydrogen-bond acceptors (Lipinski definition) is 4. The fourth-order valence-electron chi connectivity index (χ4n) is 2.78. The number of rotatable bonds is 5. The molecule has 4 aromatic rings. The van der Waals surface area contributed by atoms with Crippen LogP contribution in [-0.2, 0) is 4.79 Å².